The number of aryl methyl sites for hydroxylation is 1. The quantitative estimate of drug-likeness (QED) is 0.870. The Balaban J connectivity index is 1.88. The smallest absolute Gasteiger partial charge is 0.231 e. The molecule has 0 aliphatic carbocycles. The summed E-state index contributed by atoms with van der Waals surface area (Å²) >= 11 is 3.47. The number of rotatable bonds is 3. The zero-order chi connectivity index (χ0) is 17.3. The fourth-order valence-electron chi connectivity index (χ4n) is 3.02. The van der Waals surface area contributed by atoms with E-state index in [1.165, 1.54) is 12.5 Å². The Bertz CT molecular complexity index is 800. The number of hydrogen-bond donors (Lipinski definition) is 1. The lowest BCUT2D eigenvalue weighted by atomic mass is 10.1. The second-order valence-electron chi connectivity index (χ2n) is 6.10. The lowest BCUT2D eigenvalue weighted by molar-refractivity contribution is -0.118. The molecule has 0 atom stereocenters. The van der Waals surface area contributed by atoms with Gasteiger partial charge in [-0.1, -0.05) is 45.8 Å². The second kappa shape index (κ2) is 6.77. The molecule has 4 nitrogen and oxygen atoms in total. The maximum Gasteiger partial charge on any atom is 0.231 e. The minimum atomic E-state index is -0.145. The van der Waals surface area contributed by atoms with E-state index in [4.69, 9.17) is 0 Å². The number of nitrogens with zero attached hydrogens (tertiary/aromatic N) is 1. The number of nitrogens with one attached hydrogen (secondary N) is 1. The Morgan fingerprint density at radius 1 is 1.21 bits per heavy atom. The number of anilines is 2. The number of hydrogen-bond acceptors (Lipinski definition) is 2. The van der Waals surface area contributed by atoms with Crippen molar-refractivity contribution < 1.29 is 9.59 Å². The van der Waals surface area contributed by atoms with E-state index in [0.29, 0.717) is 18.7 Å². The highest BCUT2D eigenvalue weighted by Gasteiger charge is 2.28. The summed E-state index contributed by atoms with van der Waals surface area (Å²) in [5, 5.41) is 2.84. The van der Waals surface area contributed by atoms with Gasteiger partial charge in [0.2, 0.25) is 11.8 Å². The van der Waals surface area contributed by atoms with Crippen LogP contribution in [0.15, 0.2) is 40.9 Å². The molecule has 3 rings (SSSR count). The van der Waals surface area contributed by atoms with Gasteiger partial charge in [0, 0.05) is 17.9 Å². The van der Waals surface area contributed by atoms with Gasteiger partial charge in [-0.2, -0.15) is 0 Å². The maximum atomic E-state index is 12.8. The SMILES string of the molecule is CC(=O)Nc1cc(Br)cc2c1N(C(=O)Cc1ccc(C)cc1)CC2. The molecule has 1 aliphatic heterocycles. The molecule has 1 heterocycles. The van der Waals surface area contributed by atoms with Gasteiger partial charge in [0.05, 0.1) is 17.8 Å². The van der Waals surface area contributed by atoms with Gasteiger partial charge in [-0.25, -0.2) is 0 Å². The summed E-state index contributed by atoms with van der Waals surface area (Å²) < 4.78 is 0.901. The molecule has 1 N–H and O–H groups in total. The molecule has 2 aromatic rings. The molecule has 0 saturated heterocycles. The van der Waals surface area contributed by atoms with Crippen LogP contribution in [0.1, 0.15) is 23.6 Å². The molecule has 0 radical (unpaired) electrons. The standard InChI is InChI=1S/C19H19BrN2O2/c1-12-3-5-14(6-4-12)9-18(24)22-8-7-15-10-16(20)11-17(19(15)22)21-13(2)23/h3-6,10-11H,7-9H2,1-2H3,(H,21,23). The molecule has 0 aromatic heterocycles. The molecule has 2 amide bonds. The molecule has 0 spiro atoms. The molecule has 2 aromatic carbocycles. The van der Waals surface area contributed by atoms with Crippen LogP contribution in [0.4, 0.5) is 11.4 Å². The zero-order valence-electron chi connectivity index (χ0n) is 13.7. The molecular weight excluding hydrogens is 368 g/mol. The van der Waals surface area contributed by atoms with Crippen molar-refractivity contribution in [3.8, 4) is 0 Å². The Kier molecular flexibility index (Phi) is 4.71. The molecule has 0 bridgehead atoms. The topological polar surface area (TPSA) is 49.4 Å². The summed E-state index contributed by atoms with van der Waals surface area (Å²) in [6.07, 6.45) is 1.15. The highest BCUT2D eigenvalue weighted by Crippen LogP contribution is 2.38. The number of benzene rings is 2. The maximum absolute atomic E-state index is 12.8. The van der Waals surface area contributed by atoms with E-state index in [0.717, 1.165) is 27.7 Å². The van der Waals surface area contributed by atoms with Crippen LogP contribution in [0.25, 0.3) is 0 Å². The van der Waals surface area contributed by atoms with Crippen molar-refractivity contribution in [1.29, 1.82) is 0 Å². The summed E-state index contributed by atoms with van der Waals surface area (Å²) in [6, 6.07) is 11.9. The number of fused-ring (bicyclic) bond motifs is 1. The van der Waals surface area contributed by atoms with Crippen molar-refractivity contribution in [2.75, 3.05) is 16.8 Å². The van der Waals surface area contributed by atoms with Gasteiger partial charge in [-0.05, 0) is 36.6 Å². The number of carbonyl (C=O) groups is 2. The van der Waals surface area contributed by atoms with Crippen LogP contribution in [0.5, 0.6) is 0 Å². The first-order valence-electron chi connectivity index (χ1n) is 7.90. The van der Waals surface area contributed by atoms with E-state index in [1.807, 2.05) is 43.3 Å². The van der Waals surface area contributed by atoms with Gasteiger partial charge in [-0.3, -0.25) is 9.59 Å². The number of amides is 2. The Hall–Kier alpha value is -2.14. The largest absolute Gasteiger partial charge is 0.324 e. The van der Waals surface area contributed by atoms with Gasteiger partial charge in [-0.15, -0.1) is 0 Å². The molecule has 0 fully saturated rings. The van der Waals surface area contributed by atoms with Crippen molar-refractivity contribution >= 4 is 39.1 Å². The zero-order valence-corrected chi connectivity index (χ0v) is 15.3. The molecule has 1 aliphatic rings. The van der Waals surface area contributed by atoms with Crippen LogP contribution >= 0.6 is 15.9 Å². The van der Waals surface area contributed by atoms with Crippen molar-refractivity contribution in [3.05, 3.63) is 57.6 Å². The number of halogens is 1. The fraction of sp³-hybridized carbons (Fsp3) is 0.263. The first-order chi connectivity index (χ1) is 11.4. The average Bonchev–Trinajstić information content (AvgIpc) is 2.93. The molecule has 0 unspecified atom stereocenters. The highest BCUT2D eigenvalue weighted by molar-refractivity contribution is 9.10. The average molecular weight is 387 g/mol. The van der Waals surface area contributed by atoms with Crippen LogP contribution in [0, 0.1) is 6.92 Å². The van der Waals surface area contributed by atoms with E-state index in [1.54, 1.807) is 4.90 Å². The molecule has 5 heteroatoms. The summed E-state index contributed by atoms with van der Waals surface area (Å²) in [6.45, 7) is 4.14. The van der Waals surface area contributed by atoms with Gasteiger partial charge in [0.1, 0.15) is 0 Å². The van der Waals surface area contributed by atoms with Crippen LogP contribution in [0.3, 0.4) is 0 Å². The Morgan fingerprint density at radius 2 is 1.92 bits per heavy atom. The summed E-state index contributed by atoms with van der Waals surface area (Å²) in [7, 11) is 0. The Morgan fingerprint density at radius 3 is 2.58 bits per heavy atom. The third kappa shape index (κ3) is 3.51. The van der Waals surface area contributed by atoms with Gasteiger partial charge in [0.25, 0.3) is 0 Å². The first-order valence-corrected chi connectivity index (χ1v) is 8.69. The van der Waals surface area contributed by atoms with E-state index in [9.17, 15) is 9.59 Å². The van der Waals surface area contributed by atoms with E-state index < -0.39 is 0 Å². The third-order valence-corrected chi connectivity index (χ3v) is 4.57. The van der Waals surface area contributed by atoms with Gasteiger partial charge >= 0.3 is 0 Å². The van der Waals surface area contributed by atoms with Crippen LogP contribution in [0.2, 0.25) is 0 Å². The van der Waals surface area contributed by atoms with Crippen molar-refractivity contribution in [1.82, 2.24) is 0 Å². The van der Waals surface area contributed by atoms with E-state index in [2.05, 4.69) is 21.2 Å². The third-order valence-electron chi connectivity index (χ3n) is 4.12. The molecule has 24 heavy (non-hydrogen) atoms. The van der Waals surface area contributed by atoms with Gasteiger partial charge < -0.3 is 10.2 Å². The minimum absolute atomic E-state index is 0.0477. The summed E-state index contributed by atoms with van der Waals surface area (Å²) in [4.78, 5) is 26.1. The van der Waals surface area contributed by atoms with Crippen LogP contribution < -0.4 is 10.2 Å². The van der Waals surface area contributed by atoms with Crippen LogP contribution in [-0.4, -0.2) is 18.4 Å². The summed E-state index contributed by atoms with van der Waals surface area (Å²) in [5.74, 6) is -0.0975. The van der Waals surface area contributed by atoms with E-state index >= 15 is 0 Å². The lowest BCUT2D eigenvalue weighted by Crippen LogP contribution is -2.31. The van der Waals surface area contributed by atoms with Crippen molar-refractivity contribution in [3.63, 3.8) is 0 Å². The minimum Gasteiger partial charge on any atom is -0.324 e. The molecular formula is C19H19BrN2O2. The number of carbonyl (C=O) groups excluding carboxylic acids is 2. The predicted molar refractivity (Wildman–Crippen MR) is 99.4 cm³/mol. The fourth-order valence-corrected chi connectivity index (χ4v) is 3.52. The van der Waals surface area contributed by atoms with E-state index in [-0.39, 0.29) is 11.8 Å². The lowest BCUT2D eigenvalue weighted by Gasteiger charge is -2.21. The van der Waals surface area contributed by atoms with Crippen molar-refractivity contribution in [2.24, 2.45) is 0 Å². The molecule has 124 valence electrons. The van der Waals surface area contributed by atoms with Gasteiger partial charge in [0.15, 0.2) is 0 Å². The predicted octanol–water partition coefficient (Wildman–Crippen LogP) is 3.85. The molecule has 0 saturated carbocycles. The first kappa shape index (κ1) is 16.7. The highest BCUT2D eigenvalue weighted by atomic mass is 79.9. The monoisotopic (exact) mass is 386 g/mol. The summed E-state index contributed by atoms with van der Waals surface area (Å²) in [5.41, 5.74) is 4.75. The Labute approximate surface area is 150 Å². The van der Waals surface area contributed by atoms with Crippen LogP contribution in [-0.2, 0) is 22.4 Å². The normalized spacial score (nSPS) is 12.9. The van der Waals surface area contributed by atoms with Crippen molar-refractivity contribution in [2.45, 2.75) is 26.7 Å². The second-order valence-corrected chi connectivity index (χ2v) is 7.02.